The Morgan fingerprint density at radius 1 is 1.12 bits per heavy atom. The summed E-state index contributed by atoms with van der Waals surface area (Å²) >= 11 is 0. The molecule has 0 amide bonds. The van der Waals surface area contributed by atoms with Crippen LogP contribution in [-0.4, -0.2) is 55.5 Å². The molecule has 0 bridgehead atoms. The Balaban J connectivity index is 0.00000576. The van der Waals surface area contributed by atoms with Crippen molar-refractivity contribution in [2.75, 3.05) is 33.7 Å². The minimum atomic E-state index is 0. The van der Waals surface area contributed by atoms with E-state index in [9.17, 15) is 0 Å². The van der Waals surface area contributed by atoms with E-state index in [0.717, 1.165) is 38.6 Å². The molecule has 0 saturated heterocycles. The molecule has 25 heavy (non-hydrogen) atoms. The number of nitrogens with zero attached hydrogens (tertiary/aromatic N) is 3. The number of nitrogens with one attached hydrogen (secondary N) is 1. The van der Waals surface area contributed by atoms with Crippen molar-refractivity contribution in [3.05, 3.63) is 35.4 Å². The van der Waals surface area contributed by atoms with Gasteiger partial charge in [0.05, 0.1) is 0 Å². The molecule has 0 aliphatic carbocycles. The van der Waals surface area contributed by atoms with Crippen LogP contribution in [0.5, 0.6) is 0 Å². The fourth-order valence-corrected chi connectivity index (χ4v) is 2.43. The van der Waals surface area contributed by atoms with Crippen LogP contribution in [0.2, 0.25) is 0 Å². The fraction of sp³-hybridized carbons (Fsp3) is 0.650. The summed E-state index contributed by atoms with van der Waals surface area (Å²) in [6, 6.07) is 9.33. The molecule has 0 aromatic heterocycles. The number of unbranched alkanes of at least 4 members (excludes halogenated alkanes) is 1. The summed E-state index contributed by atoms with van der Waals surface area (Å²) in [6.07, 6.45) is 2.32. The summed E-state index contributed by atoms with van der Waals surface area (Å²) in [4.78, 5) is 9.37. The van der Waals surface area contributed by atoms with Crippen LogP contribution in [0.3, 0.4) is 0 Å². The van der Waals surface area contributed by atoms with Crippen LogP contribution < -0.4 is 5.32 Å². The van der Waals surface area contributed by atoms with E-state index in [1.54, 1.807) is 0 Å². The third-order valence-electron chi connectivity index (χ3n) is 4.30. The average Bonchev–Trinajstić information content (AvgIpc) is 2.55. The largest absolute Gasteiger partial charge is 0.357 e. The molecule has 5 heteroatoms. The van der Waals surface area contributed by atoms with E-state index < -0.39 is 0 Å². The lowest BCUT2D eigenvalue weighted by atomic mass is 10.1. The highest BCUT2D eigenvalue weighted by atomic mass is 127. The number of guanidine groups is 1. The Morgan fingerprint density at radius 2 is 1.76 bits per heavy atom. The molecule has 0 radical (unpaired) electrons. The predicted octanol–water partition coefficient (Wildman–Crippen LogP) is 4.13. The van der Waals surface area contributed by atoms with Crippen LogP contribution in [0, 0.1) is 6.92 Å². The minimum absolute atomic E-state index is 0. The molecule has 1 rings (SSSR count). The van der Waals surface area contributed by atoms with Crippen molar-refractivity contribution >= 4 is 29.9 Å². The van der Waals surface area contributed by atoms with Gasteiger partial charge in [-0.25, -0.2) is 0 Å². The number of aliphatic imine (C=N–C) groups is 1. The molecule has 1 aromatic rings. The molecule has 0 saturated carbocycles. The Kier molecular flexibility index (Phi) is 13.0. The van der Waals surface area contributed by atoms with E-state index in [2.05, 4.69) is 81.2 Å². The van der Waals surface area contributed by atoms with Crippen molar-refractivity contribution in [2.24, 2.45) is 4.99 Å². The van der Waals surface area contributed by atoms with Crippen LogP contribution in [-0.2, 0) is 6.54 Å². The van der Waals surface area contributed by atoms with E-state index in [1.807, 2.05) is 0 Å². The molecule has 144 valence electrons. The standard InChI is InChI=1S/C20H36N4.HI/c1-7-21-20(22-14-8-9-15-23(5)17(2)3)24(6)16-19-12-10-18(4)11-13-19;/h10-13,17H,7-9,14-16H2,1-6H3,(H,21,22);1H. The first-order valence-electron chi connectivity index (χ1n) is 9.19. The zero-order chi connectivity index (χ0) is 17.9. The lowest BCUT2D eigenvalue weighted by molar-refractivity contribution is 0.269. The maximum atomic E-state index is 4.78. The highest BCUT2D eigenvalue weighted by Crippen LogP contribution is 2.06. The number of hydrogen-bond acceptors (Lipinski definition) is 2. The van der Waals surface area contributed by atoms with Gasteiger partial charge in [-0.1, -0.05) is 29.8 Å². The number of benzene rings is 1. The zero-order valence-electron chi connectivity index (χ0n) is 16.9. The Bertz CT molecular complexity index is 485. The quantitative estimate of drug-likeness (QED) is 0.260. The monoisotopic (exact) mass is 460 g/mol. The number of halogens is 1. The van der Waals surface area contributed by atoms with Gasteiger partial charge in [0.15, 0.2) is 5.96 Å². The lowest BCUT2D eigenvalue weighted by Crippen LogP contribution is -2.38. The fourth-order valence-electron chi connectivity index (χ4n) is 2.43. The van der Waals surface area contributed by atoms with E-state index in [4.69, 9.17) is 4.99 Å². The van der Waals surface area contributed by atoms with E-state index in [-0.39, 0.29) is 24.0 Å². The van der Waals surface area contributed by atoms with Gasteiger partial charge in [-0.15, -0.1) is 24.0 Å². The smallest absolute Gasteiger partial charge is 0.193 e. The van der Waals surface area contributed by atoms with Crippen LogP contribution in [0.25, 0.3) is 0 Å². The van der Waals surface area contributed by atoms with Gasteiger partial charge in [-0.3, -0.25) is 4.99 Å². The van der Waals surface area contributed by atoms with Crippen LogP contribution in [0.1, 0.15) is 44.7 Å². The van der Waals surface area contributed by atoms with Gasteiger partial charge in [-0.2, -0.15) is 0 Å². The first kappa shape index (κ1) is 24.2. The summed E-state index contributed by atoms with van der Waals surface area (Å²) in [5, 5.41) is 3.40. The van der Waals surface area contributed by atoms with Gasteiger partial charge in [0.25, 0.3) is 0 Å². The highest BCUT2D eigenvalue weighted by molar-refractivity contribution is 14.0. The van der Waals surface area contributed by atoms with Crippen LogP contribution in [0.4, 0.5) is 0 Å². The number of rotatable bonds is 9. The van der Waals surface area contributed by atoms with E-state index in [0.29, 0.717) is 6.04 Å². The van der Waals surface area contributed by atoms with Crippen molar-refractivity contribution < 1.29 is 0 Å². The molecule has 1 aromatic carbocycles. The van der Waals surface area contributed by atoms with Gasteiger partial charge in [0, 0.05) is 32.7 Å². The van der Waals surface area contributed by atoms with Crippen molar-refractivity contribution in [1.82, 2.24) is 15.1 Å². The zero-order valence-corrected chi connectivity index (χ0v) is 19.2. The first-order chi connectivity index (χ1) is 11.4. The topological polar surface area (TPSA) is 30.9 Å². The van der Waals surface area contributed by atoms with Gasteiger partial charge in [-0.05, 0) is 59.7 Å². The highest BCUT2D eigenvalue weighted by Gasteiger charge is 2.06. The van der Waals surface area contributed by atoms with Crippen molar-refractivity contribution in [3.63, 3.8) is 0 Å². The van der Waals surface area contributed by atoms with Crippen molar-refractivity contribution in [3.8, 4) is 0 Å². The summed E-state index contributed by atoms with van der Waals surface area (Å²) in [5.74, 6) is 0.996. The molecule has 0 aliphatic rings. The second-order valence-electron chi connectivity index (χ2n) is 6.86. The van der Waals surface area contributed by atoms with Gasteiger partial charge >= 0.3 is 0 Å². The molecule has 4 nitrogen and oxygen atoms in total. The molecule has 0 unspecified atom stereocenters. The average molecular weight is 460 g/mol. The molecule has 0 fully saturated rings. The van der Waals surface area contributed by atoms with Gasteiger partial charge in [0.1, 0.15) is 0 Å². The maximum absolute atomic E-state index is 4.78. The number of aryl methyl sites for hydroxylation is 1. The van der Waals surface area contributed by atoms with Crippen molar-refractivity contribution in [2.45, 2.75) is 53.1 Å². The molecule has 1 N–H and O–H groups in total. The molecule has 0 spiro atoms. The van der Waals surface area contributed by atoms with Crippen LogP contribution in [0.15, 0.2) is 29.3 Å². The summed E-state index contributed by atoms with van der Waals surface area (Å²) in [6.45, 7) is 12.5. The third-order valence-corrected chi connectivity index (χ3v) is 4.30. The van der Waals surface area contributed by atoms with Crippen molar-refractivity contribution in [1.29, 1.82) is 0 Å². The predicted molar refractivity (Wildman–Crippen MR) is 121 cm³/mol. The second kappa shape index (κ2) is 13.4. The maximum Gasteiger partial charge on any atom is 0.193 e. The van der Waals surface area contributed by atoms with E-state index in [1.165, 1.54) is 17.5 Å². The van der Waals surface area contributed by atoms with Gasteiger partial charge < -0.3 is 15.1 Å². The molecule has 0 heterocycles. The molecular formula is C20H37IN4. The third kappa shape index (κ3) is 10.0. The Morgan fingerprint density at radius 3 is 2.32 bits per heavy atom. The van der Waals surface area contributed by atoms with Crippen LogP contribution >= 0.6 is 24.0 Å². The van der Waals surface area contributed by atoms with E-state index >= 15 is 0 Å². The molecule has 0 atom stereocenters. The SMILES string of the molecule is CCNC(=NCCCCN(C)C(C)C)N(C)Cc1ccc(C)cc1.I. The minimum Gasteiger partial charge on any atom is -0.357 e. The van der Waals surface area contributed by atoms with Gasteiger partial charge in [0.2, 0.25) is 0 Å². The summed E-state index contributed by atoms with van der Waals surface area (Å²) < 4.78 is 0. The lowest BCUT2D eigenvalue weighted by Gasteiger charge is -2.22. The normalized spacial score (nSPS) is 11.6. The summed E-state index contributed by atoms with van der Waals surface area (Å²) in [5.41, 5.74) is 2.61. The molecular weight excluding hydrogens is 423 g/mol. The first-order valence-corrected chi connectivity index (χ1v) is 9.19. The Labute approximate surface area is 172 Å². The second-order valence-corrected chi connectivity index (χ2v) is 6.86. The molecule has 0 aliphatic heterocycles. The summed E-state index contributed by atoms with van der Waals surface area (Å²) in [7, 11) is 4.29. The Hall–Kier alpha value is -0.820. The number of hydrogen-bond donors (Lipinski definition) is 1.